The minimum atomic E-state index is -0.214. The van der Waals surface area contributed by atoms with Crippen molar-refractivity contribution in [3.05, 3.63) is 0 Å². The lowest BCUT2D eigenvalue weighted by Crippen LogP contribution is -2.40. The summed E-state index contributed by atoms with van der Waals surface area (Å²) in [6.07, 6.45) is 2.33. The van der Waals surface area contributed by atoms with Gasteiger partial charge in [-0.25, -0.2) is 4.79 Å². The van der Waals surface area contributed by atoms with Gasteiger partial charge in [-0.2, -0.15) is 0 Å². The number of ether oxygens (including phenoxy) is 1. The maximum Gasteiger partial charge on any atom is 0.407 e. The van der Waals surface area contributed by atoms with Crippen molar-refractivity contribution in [2.45, 2.75) is 45.8 Å². The van der Waals surface area contributed by atoms with Crippen LogP contribution in [0.1, 0.15) is 33.6 Å². The summed E-state index contributed by atoms with van der Waals surface area (Å²) in [6.45, 7) is 6.91. The third kappa shape index (κ3) is 0.665. The average Bonchev–Trinajstić information content (AvgIpc) is 2.59. The quantitative estimate of drug-likeness (QED) is 0.641. The Balaban J connectivity index is 2.06. The number of hydrogen-bond acceptors (Lipinski definition) is 2. The number of rotatable bonds is 0. The Morgan fingerprint density at radius 1 is 1.43 bits per heavy atom. The number of carbonyl (C=O) groups is 1. The molecule has 3 aliphatic rings. The molecule has 14 heavy (non-hydrogen) atoms. The lowest BCUT2D eigenvalue weighted by Gasteiger charge is -2.36. The van der Waals surface area contributed by atoms with Crippen LogP contribution in [0.4, 0.5) is 4.79 Å². The number of carbonyl (C=O) groups excluding carboxylic acids is 1. The van der Waals surface area contributed by atoms with Crippen LogP contribution in [-0.4, -0.2) is 18.2 Å². The fourth-order valence-corrected chi connectivity index (χ4v) is 3.97. The van der Waals surface area contributed by atoms with Crippen molar-refractivity contribution in [2.24, 2.45) is 16.7 Å². The van der Waals surface area contributed by atoms with Gasteiger partial charge >= 0.3 is 6.09 Å². The molecule has 3 nitrogen and oxygen atoms in total. The molecule has 1 N–H and O–H groups in total. The Morgan fingerprint density at radius 3 is 2.79 bits per heavy atom. The Labute approximate surface area is 84.2 Å². The highest BCUT2D eigenvalue weighted by atomic mass is 16.6. The summed E-state index contributed by atoms with van der Waals surface area (Å²) in [4.78, 5) is 11.2. The lowest BCUT2D eigenvalue weighted by atomic mass is 9.70. The molecule has 0 aromatic heterocycles. The summed E-state index contributed by atoms with van der Waals surface area (Å²) < 4.78 is 5.41. The molecule has 0 unspecified atom stereocenters. The Kier molecular flexibility index (Phi) is 1.28. The molecule has 3 fully saturated rings. The highest BCUT2D eigenvalue weighted by molar-refractivity contribution is 5.71. The van der Waals surface area contributed by atoms with Crippen LogP contribution < -0.4 is 5.32 Å². The van der Waals surface area contributed by atoms with Gasteiger partial charge in [0.25, 0.3) is 0 Å². The maximum atomic E-state index is 11.2. The fourth-order valence-electron chi connectivity index (χ4n) is 3.97. The Bertz CT molecular complexity index is 312. The van der Waals surface area contributed by atoms with E-state index in [1.165, 1.54) is 12.8 Å². The van der Waals surface area contributed by atoms with Crippen LogP contribution in [0.5, 0.6) is 0 Å². The largest absolute Gasteiger partial charge is 0.443 e. The number of hydrogen-bond donors (Lipinski definition) is 1. The van der Waals surface area contributed by atoms with E-state index in [0.29, 0.717) is 11.3 Å². The van der Waals surface area contributed by atoms with E-state index in [1.807, 2.05) is 0 Å². The van der Waals surface area contributed by atoms with Gasteiger partial charge in [-0.1, -0.05) is 20.8 Å². The maximum absolute atomic E-state index is 11.2. The number of nitrogens with one attached hydrogen (secondary N) is 1. The van der Waals surface area contributed by atoms with Gasteiger partial charge in [-0.15, -0.1) is 0 Å². The first kappa shape index (κ1) is 8.57. The van der Waals surface area contributed by atoms with Crippen molar-refractivity contribution < 1.29 is 9.53 Å². The first-order chi connectivity index (χ1) is 6.47. The van der Waals surface area contributed by atoms with Crippen molar-refractivity contribution in [1.29, 1.82) is 0 Å². The van der Waals surface area contributed by atoms with Crippen LogP contribution in [0.2, 0.25) is 0 Å². The smallest absolute Gasteiger partial charge is 0.407 e. The standard InChI is InChI=1S/C11H17NO2/c1-10(2)6-4-5-11(10,3)8-7(6)12-9(13)14-8/h6-8H,4-5H2,1-3H3,(H,12,13)/t6-,7-,8-,11+/m0/s1. The summed E-state index contributed by atoms with van der Waals surface area (Å²) in [6, 6.07) is 0.274. The van der Waals surface area contributed by atoms with E-state index in [2.05, 4.69) is 26.1 Å². The first-order valence-corrected chi connectivity index (χ1v) is 5.44. The molecule has 0 radical (unpaired) electrons. The lowest BCUT2D eigenvalue weighted by molar-refractivity contribution is 0.0144. The van der Waals surface area contributed by atoms with Crippen LogP contribution in [0.25, 0.3) is 0 Å². The van der Waals surface area contributed by atoms with Crippen LogP contribution in [0.15, 0.2) is 0 Å². The zero-order valence-electron chi connectivity index (χ0n) is 8.96. The number of alkyl carbamates (subject to hydrolysis) is 1. The molecule has 78 valence electrons. The summed E-state index contributed by atoms with van der Waals surface area (Å²) in [5.74, 6) is 0.601. The SMILES string of the molecule is CC1(C)[C@H]2CC[C@]1(C)[C@H]1OC(=O)N[C@@H]21. The Hall–Kier alpha value is -0.730. The van der Waals surface area contributed by atoms with Gasteiger partial charge in [0.2, 0.25) is 0 Å². The second-order valence-corrected chi connectivity index (χ2v) is 5.78. The second kappa shape index (κ2) is 2.10. The van der Waals surface area contributed by atoms with Crippen molar-refractivity contribution in [2.75, 3.05) is 0 Å². The minimum absolute atomic E-state index is 0.115. The molecule has 3 rings (SSSR count). The highest BCUT2D eigenvalue weighted by Crippen LogP contribution is 2.67. The highest BCUT2D eigenvalue weighted by Gasteiger charge is 2.70. The number of amides is 1. The van der Waals surface area contributed by atoms with Crippen LogP contribution in [0.3, 0.4) is 0 Å². The molecule has 0 spiro atoms. The van der Waals surface area contributed by atoms with E-state index in [1.54, 1.807) is 0 Å². The van der Waals surface area contributed by atoms with E-state index in [4.69, 9.17) is 4.74 Å². The van der Waals surface area contributed by atoms with Crippen LogP contribution in [-0.2, 0) is 4.74 Å². The van der Waals surface area contributed by atoms with E-state index in [9.17, 15) is 4.79 Å². The molecule has 2 saturated carbocycles. The van der Waals surface area contributed by atoms with Gasteiger partial charge in [-0.3, -0.25) is 0 Å². The summed E-state index contributed by atoms with van der Waals surface area (Å²) in [5.41, 5.74) is 0.484. The molecule has 1 heterocycles. The van der Waals surface area contributed by atoms with Crippen molar-refractivity contribution in [3.8, 4) is 0 Å². The number of fused-ring (bicyclic) bond motifs is 5. The van der Waals surface area contributed by atoms with E-state index in [-0.39, 0.29) is 23.7 Å². The predicted molar refractivity (Wildman–Crippen MR) is 51.8 cm³/mol. The summed E-state index contributed by atoms with van der Waals surface area (Å²) >= 11 is 0. The van der Waals surface area contributed by atoms with Gasteiger partial charge < -0.3 is 10.1 Å². The van der Waals surface area contributed by atoms with Gasteiger partial charge in [0.15, 0.2) is 0 Å². The first-order valence-electron chi connectivity index (χ1n) is 5.44. The molecule has 1 aliphatic heterocycles. The topological polar surface area (TPSA) is 38.3 Å². The van der Waals surface area contributed by atoms with Crippen molar-refractivity contribution >= 4 is 6.09 Å². The zero-order valence-corrected chi connectivity index (χ0v) is 8.96. The van der Waals surface area contributed by atoms with Crippen molar-refractivity contribution in [1.82, 2.24) is 5.32 Å². The van der Waals surface area contributed by atoms with E-state index >= 15 is 0 Å². The molecule has 0 aromatic rings. The zero-order chi connectivity index (χ0) is 10.1. The van der Waals surface area contributed by atoms with Crippen LogP contribution in [0, 0.1) is 16.7 Å². The van der Waals surface area contributed by atoms with Crippen molar-refractivity contribution in [3.63, 3.8) is 0 Å². The summed E-state index contributed by atoms with van der Waals surface area (Å²) in [5, 5.41) is 2.97. The minimum Gasteiger partial charge on any atom is -0.443 e. The van der Waals surface area contributed by atoms with Crippen LogP contribution >= 0.6 is 0 Å². The Morgan fingerprint density at radius 2 is 2.14 bits per heavy atom. The normalized spacial score (nSPS) is 52.8. The average molecular weight is 195 g/mol. The molecular formula is C11H17NO2. The van der Waals surface area contributed by atoms with Gasteiger partial charge in [0.1, 0.15) is 6.10 Å². The van der Waals surface area contributed by atoms with E-state index < -0.39 is 0 Å². The molecule has 4 atom stereocenters. The fraction of sp³-hybridized carbons (Fsp3) is 0.909. The molecule has 2 bridgehead atoms. The summed E-state index contributed by atoms with van der Waals surface area (Å²) in [7, 11) is 0. The van der Waals surface area contributed by atoms with E-state index in [0.717, 1.165) is 0 Å². The second-order valence-electron chi connectivity index (χ2n) is 5.78. The molecule has 2 aliphatic carbocycles. The monoisotopic (exact) mass is 195 g/mol. The van der Waals surface area contributed by atoms with Gasteiger partial charge in [0.05, 0.1) is 6.04 Å². The molecule has 3 heteroatoms. The third-order valence-corrected chi connectivity index (χ3v) is 5.28. The molecule has 1 saturated heterocycles. The van der Waals surface area contributed by atoms with Gasteiger partial charge in [0, 0.05) is 5.41 Å². The predicted octanol–water partition coefficient (Wildman–Crippen LogP) is 1.92. The molecule has 1 amide bonds. The molecular weight excluding hydrogens is 178 g/mol. The molecule has 0 aromatic carbocycles. The third-order valence-electron chi connectivity index (χ3n) is 5.28. The van der Waals surface area contributed by atoms with Gasteiger partial charge in [-0.05, 0) is 24.2 Å².